The van der Waals surface area contributed by atoms with Gasteiger partial charge in [0.2, 0.25) is 0 Å². The molecule has 2 N–H and O–H groups in total. The van der Waals surface area contributed by atoms with Crippen molar-refractivity contribution in [2.24, 2.45) is 0 Å². The fraction of sp³-hybridized carbons (Fsp3) is 0.346. The molecule has 0 bridgehead atoms. The number of aromatic carboxylic acids is 1. The van der Waals surface area contributed by atoms with Gasteiger partial charge in [0.05, 0.1) is 18.3 Å². The van der Waals surface area contributed by atoms with Crippen LogP contribution in [0.2, 0.25) is 0 Å². The molecule has 2 atom stereocenters. The van der Waals surface area contributed by atoms with Crippen LogP contribution in [0.15, 0.2) is 60.7 Å². The summed E-state index contributed by atoms with van der Waals surface area (Å²) in [5, 5.41) is 15.5. The third kappa shape index (κ3) is 4.89. The lowest BCUT2D eigenvalue weighted by molar-refractivity contribution is 0.0351. The molecule has 31 heavy (non-hydrogen) atoms. The highest BCUT2D eigenvalue weighted by molar-refractivity contribution is 5.90. The third-order valence-electron chi connectivity index (χ3n) is 6.15. The van der Waals surface area contributed by atoms with E-state index < -0.39 is 5.97 Å². The van der Waals surface area contributed by atoms with E-state index in [4.69, 9.17) is 4.74 Å². The number of carbonyl (C=O) groups is 1. The first-order chi connectivity index (χ1) is 15.0. The number of benzene rings is 3. The summed E-state index contributed by atoms with van der Waals surface area (Å²) in [7, 11) is 0. The standard InChI is InChI=1S/C26H30N2O3/c1-18-16-21(10-11-23(18)26(29)30)28-14-15-31-22(17-28)12-13-27-19(2)24-9-5-7-20-6-3-4-8-25(20)24/h3-11,16,19,22,27H,12-15,17H2,1-2H3,(H,29,30). The molecule has 5 nitrogen and oxygen atoms in total. The number of hydrogen-bond acceptors (Lipinski definition) is 4. The first kappa shape index (κ1) is 21.3. The molecular formula is C26H30N2O3. The van der Waals surface area contributed by atoms with Gasteiger partial charge in [0.15, 0.2) is 0 Å². The molecule has 0 saturated carbocycles. The molecule has 1 heterocycles. The Bertz CT molecular complexity index is 1060. The van der Waals surface area contributed by atoms with Gasteiger partial charge in [-0.05, 0) is 66.9 Å². The van der Waals surface area contributed by atoms with Crippen molar-refractivity contribution in [1.82, 2.24) is 5.32 Å². The number of nitrogens with zero attached hydrogens (tertiary/aromatic N) is 1. The predicted molar refractivity (Wildman–Crippen MR) is 125 cm³/mol. The summed E-state index contributed by atoms with van der Waals surface area (Å²) in [6.07, 6.45) is 1.08. The summed E-state index contributed by atoms with van der Waals surface area (Å²) in [6.45, 7) is 7.26. The molecule has 4 rings (SSSR count). The number of hydrogen-bond donors (Lipinski definition) is 2. The first-order valence-corrected chi connectivity index (χ1v) is 10.9. The van der Waals surface area contributed by atoms with Crippen molar-refractivity contribution in [3.63, 3.8) is 0 Å². The van der Waals surface area contributed by atoms with Gasteiger partial charge in [0.1, 0.15) is 0 Å². The van der Waals surface area contributed by atoms with Crippen molar-refractivity contribution in [3.05, 3.63) is 77.4 Å². The van der Waals surface area contributed by atoms with Gasteiger partial charge in [-0.1, -0.05) is 42.5 Å². The summed E-state index contributed by atoms with van der Waals surface area (Å²) >= 11 is 0. The lowest BCUT2D eigenvalue weighted by Gasteiger charge is -2.35. The van der Waals surface area contributed by atoms with Crippen LogP contribution in [0.25, 0.3) is 10.8 Å². The van der Waals surface area contributed by atoms with Gasteiger partial charge in [-0.2, -0.15) is 0 Å². The van der Waals surface area contributed by atoms with Crippen LogP contribution in [-0.4, -0.2) is 43.4 Å². The van der Waals surface area contributed by atoms with E-state index in [1.165, 1.54) is 16.3 Å². The maximum absolute atomic E-state index is 11.3. The van der Waals surface area contributed by atoms with Crippen LogP contribution >= 0.6 is 0 Å². The van der Waals surface area contributed by atoms with Crippen molar-refractivity contribution in [3.8, 4) is 0 Å². The Morgan fingerprint density at radius 1 is 1.19 bits per heavy atom. The number of nitrogens with one attached hydrogen (secondary N) is 1. The average molecular weight is 419 g/mol. The van der Waals surface area contributed by atoms with Gasteiger partial charge in [0, 0.05) is 24.8 Å². The van der Waals surface area contributed by atoms with Crippen molar-refractivity contribution in [2.45, 2.75) is 32.4 Å². The predicted octanol–water partition coefficient (Wildman–Crippen LogP) is 4.79. The normalized spacial score (nSPS) is 17.6. The first-order valence-electron chi connectivity index (χ1n) is 10.9. The molecule has 0 aromatic heterocycles. The van der Waals surface area contributed by atoms with Crippen molar-refractivity contribution >= 4 is 22.4 Å². The zero-order valence-corrected chi connectivity index (χ0v) is 18.2. The molecule has 1 aliphatic rings. The van der Waals surface area contributed by atoms with Gasteiger partial charge in [-0.15, -0.1) is 0 Å². The van der Waals surface area contributed by atoms with E-state index in [-0.39, 0.29) is 12.1 Å². The number of ether oxygens (including phenoxy) is 1. The Balaban J connectivity index is 1.34. The Kier molecular flexibility index (Phi) is 6.54. The number of rotatable bonds is 7. The third-order valence-corrected chi connectivity index (χ3v) is 6.15. The summed E-state index contributed by atoms with van der Waals surface area (Å²) in [5.41, 5.74) is 3.53. The second-order valence-corrected chi connectivity index (χ2v) is 8.28. The van der Waals surface area contributed by atoms with Crippen LogP contribution < -0.4 is 10.2 Å². The quantitative estimate of drug-likeness (QED) is 0.578. The second kappa shape index (κ2) is 9.50. The largest absolute Gasteiger partial charge is 0.478 e. The molecule has 2 unspecified atom stereocenters. The average Bonchev–Trinajstić information content (AvgIpc) is 2.78. The van der Waals surface area contributed by atoms with Crippen LogP contribution in [0.1, 0.15) is 40.9 Å². The molecule has 0 spiro atoms. The number of aryl methyl sites for hydroxylation is 1. The topological polar surface area (TPSA) is 61.8 Å². The number of anilines is 1. The molecule has 5 heteroatoms. The second-order valence-electron chi connectivity index (χ2n) is 8.28. The minimum Gasteiger partial charge on any atom is -0.478 e. The Morgan fingerprint density at radius 2 is 2.00 bits per heavy atom. The van der Waals surface area contributed by atoms with E-state index >= 15 is 0 Å². The van der Waals surface area contributed by atoms with Crippen LogP contribution in [0, 0.1) is 6.92 Å². The van der Waals surface area contributed by atoms with E-state index in [9.17, 15) is 9.90 Å². The van der Waals surface area contributed by atoms with E-state index in [1.807, 2.05) is 19.1 Å². The molecule has 3 aromatic rings. The SMILES string of the molecule is Cc1cc(N2CCOC(CCNC(C)c3cccc4ccccc34)C2)ccc1C(=O)O. The van der Waals surface area contributed by atoms with Crippen molar-refractivity contribution in [1.29, 1.82) is 0 Å². The molecule has 1 saturated heterocycles. The van der Waals surface area contributed by atoms with Gasteiger partial charge in [-0.25, -0.2) is 4.79 Å². The minimum atomic E-state index is -0.879. The maximum Gasteiger partial charge on any atom is 0.335 e. The molecule has 0 amide bonds. The molecular weight excluding hydrogens is 388 g/mol. The van der Waals surface area contributed by atoms with Gasteiger partial charge in [0.25, 0.3) is 0 Å². The van der Waals surface area contributed by atoms with E-state index in [1.54, 1.807) is 6.07 Å². The Hall–Kier alpha value is -2.89. The minimum absolute atomic E-state index is 0.153. The molecule has 1 aliphatic heterocycles. The van der Waals surface area contributed by atoms with Crippen molar-refractivity contribution < 1.29 is 14.6 Å². The summed E-state index contributed by atoms with van der Waals surface area (Å²) in [4.78, 5) is 13.6. The van der Waals surface area contributed by atoms with E-state index in [0.29, 0.717) is 12.2 Å². The van der Waals surface area contributed by atoms with Crippen LogP contribution in [0.4, 0.5) is 5.69 Å². The molecule has 3 aromatic carbocycles. The smallest absolute Gasteiger partial charge is 0.335 e. The van der Waals surface area contributed by atoms with Crippen LogP contribution in [0.3, 0.4) is 0 Å². The molecule has 1 fully saturated rings. The van der Waals surface area contributed by atoms with Crippen molar-refractivity contribution in [2.75, 3.05) is 31.1 Å². The molecule has 162 valence electrons. The highest BCUT2D eigenvalue weighted by Crippen LogP contribution is 2.25. The maximum atomic E-state index is 11.3. The van der Waals surface area contributed by atoms with E-state index in [2.05, 4.69) is 59.6 Å². The van der Waals surface area contributed by atoms with Gasteiger partial charge < -0.3 is 20.1 Å². The summed E-state index contributed by atoms with van der Waals surface area (Å²) in [6, 6.07) is 20.8. The van der Waals surface area contributed by atoms with Crippen LogP contribution in [0.5, 0.6) is 0 Å². The number of carboxylic acid groups (broad SMARTS) is 1. The molecule has 0 aliphatic carbocycles. The monoisotopic (exact) mass is 418 g/mol. The zero-order chi connectivity index (χ0) is 21.8. The fourth-order valence-electron chi connectivity index (χ4n) is 4.41. The summed E-state index contributed by atoms with van der Waals surface area (Å²) in [5.74, 6) is -0.879. The number of carboxylic acids is 1. The highest BCUT2D eigenvalue weighted by Gasteiger charge is 2.21. The molecule has 0 radical (unpaired) electrons. The van der Waals surface area contributed by atoms with Crippen LogP contribution in [-0.2, 0) is 4.74 Å². The fourth-order valence-corrected chi connectivity index (χ4v) is 4.41. The lowest BCUT2D eigenvalue weighted by Crippen LogP contribution is -2.43. The van der Waals surface area contributed by atoms with Gasteiger partial charge in [-0.3, -0.25) is 0 Å². The van der Waals surface area contributed by atoms with Gasteiger partial charge >= 0.3 is 5.97 Å². The number of morpholine rings is 1. The summed E-state index contributed by atoms with van der Waals surface area (Å²) < 4.78 is 6.00. The van der Waals surface area contributed by atoms with E-state index in [0.717, 1.165) is 37.3 Å². The Labute approximate surface area is 183 Å². The Morgan fingerprint density at radius 3 is 2.81 bits per heavy atom. The highest BCUT2D eigenvalue weighted by atomic mass is 16.5. The zero-order valence-electron chi connectivity index (χ0n) is 18.2. The number of fused-ring (bicyclic) bond motifs is 1. The lowest BCUT2D eigenvalue weighted by atomic mass is 9.99.